The number of piperazine rings is 1. The van der Waals surface area contributed by atoms with Gasteiger partial charge in [-0.1, -0.05) is 30.3 Å². The smallest absolute Gasteiger partial charge is 0.416 e. The molecule has 3 aromatic rings. The number of amides is 1. The number of primary amides is 1. The molecule has 0 bridgehead atoms. The Morgan fingerprint density at radius 2 is 1.68 bits per heavy atom. The van der Waals surface area contributed by atoms with Crippen molar-refractivity contribution in [3.63, 3.8) is 0 Å². The third-order valence-corrected chi connectivity index (χ3v) is 7.88. The van der Waals surface area contributed by atoms with Crippen LogP contribution in [0.1, 0.15) is 22.8 Å². The molecule has 8 nitrogen and oxygen atoms in total. The molecule has 2 aromatic carbocycles. The molecule has 0 aliphatic carbocycles. The number of hydrogen-bond donors (Lipinski definition) is 1. The number of carbonyl (C=O) groups excluding carboxylic acids is 1. The van der Waals surface area contributed by atoms with Gasteiger partial charge in [-0.25, -0.2) is 8.42 Å². The summed E-state index contributed by atoms with van der Waals surface area (Å²) in [4.78, 5) is 17.6. The van der Waals surface area contributed by atoms with Gasteiger partial charge < -0.3 is 15.4 Å². The first-order chi connectivity index (χ1) is 17.5. The zero-order valence-corrected chi connectivity index (χ0v) is 20.7. The van der Waals surface area contributed by atoms with Crippen molar-refractivity contribution in [2.75, 3.05) is 37.7 Å². The fraction of sp³-hybridized carbons (Fsp3) is 0.280. The van der Waals surface area contributed by atoms with Gasteiger partial charge in [0.25, 0.3) is 0 Å². The van der Waals surface area contributed by atoms with Crippen molar-refractivity contribution in [3.8, 4) is 17.0 Å². The van der Waals surface area contributed by atoms with E-state index in [9.17, 15) is 26.4 Å². The molecule has 0 atom stereocenters. The highest BCUT2D eigenvalue weighted by Crippen LogP contribution is 2.34. The van der Waals surface area contributed by atoms with E-state index in [0.29, 0.717) is 16.7 Å². The molecule has 0 spiro atoms. The van der Waals surface area contributed by atoms with Gasteiger partial charge >= 0.3 is 6.18 Å². The van der Waals surface area contributed by atoms with Crippen LogP contribution in [0.3, 0.4) is 0 Å². The third kappa shape index (κ3) is 5.70. The molecule has 1 aromatic heterocycles. The Morgan fingerprint density at radius 1 is 1.03 bits per heavy atom. The number of sulfonamides is 1. The first kappa shape index (κ1) is 26.4. The summed E-state index contributed by atoms with van der Waals surface area (Å²) >= 11 is 0. The van der Waals surface area contributed by atoms with Crippen LogP contribution in [0, 0.1) is 0 Å². The SMILES string of the molecule is CCOc1cc(C(F)(F)F)cc(N2CCN(S(=O)(=O)c3ccc(-c4ccccc4C(N)=O)cc3)CC2)n1. The van der Waals surface area contributed by atoms with E-state index in [2.05, 4.69) is 4.98 Å². The quantitative estimate of drug-likeness (QED) is 0.495. The minimum absolute atomic E-state index is 0.0660. The molecular weight excluding hydrogens is 509 g/mol. The average Bonchev–Trinajstić information content (AvgIpc) is 2.88. The first-order valence-electron chi connectivity index (χ1n) is 11.5. The summed E-state index contributed by atoms with van der Waals surface area (Å²) in [6.07, 6.45) is -4.57. The Hall–Kier alpha value is -3.64. The van der Waals surface area contributed by atoms with Gasteiger partial charge in [0.2, 0.25) is 21.8 Å². The zero-order valence-electron chi connectivity index (χ0n) is 19.9. The summed E-state index contributed by atoms with van der Waals surface area (Å²) in [5.41, 5.74) is 6.11. The number of hydrogen-bond acceptors (Lipinski definition) is 6. The summed E-state index contributed by atoms with van der Waals surface area (Å²) in [5, 5.41) is 0. The number of rotatable bonds is 7. The Morgan fingerprint density at radius 3 is 2.27 bits per heavy atom. The van der Waals surface area contributed by atoms with Crippen molar-refractivity contribution >= 4 is 21.7 Å². The number of anilines is 1. The van der Waals surface area contributed by atoms with Crippen molar-refractivity contribution in [2.45, 2.75) is 18.0 Å². The van der Waals surface area contributed by atoms with E-state index in [1.54, 1.807) is 48.2 Å². The average molecular weight is 535 g/mol. The van der Waals surface area contributed by atoms with E-state index in [1.807, 2.05) is 0 Å². The number of pyridine rings is 1. The van der Waals surface area contributed by atoms with Crippen LogP contribution < -0.4 is 15.4 Å². The van der Waals surface area contributed by atoms with E-state index in [1.165, 1.54) is 16.4 Å². The Balaban J connectivity index is 1.51. The number of halogens is 3. The van der Waals surface area contributed by atoms with Crippen molar-refractivity contribution < 1.29 is 31.1 Å². The van der Waals surface area contributed by atoms with Crippen LogP contribution in [-0.2, 0) is 16.2 Å². The number of benzene rings is 2. The minimum atomic E-state index is -4.57. The van der Waals surface area contributed by atoms with Crippen LogP contribution in [0.4, 0.5) is 19.0 Å². The largest absolute Gasteiger partial charge is 0.478 e. The summed E-state index contributed by atoms with van der Waals surface area (Å²) in [6, 6.07) is 14.7. The van der Waals surface area contributed by atoms with Gasteiger partial charge in [0.15, 0.2) is 0 Å². The molecule has 1 aliphatic heterocycles. The second-order valence-electron chi connectivity index (χ2n) is 8.31. The van der Waals surface area contributed by atoms with Gasteiger partial charge in [-0.3, -0.25) is 4.79 Å². The predicted octanol–water partition coefficient (Wildman–Crippen LogP) is 3.78. The Kier molecular flexibility index (Phi) is 7.42. The molecule has 1 amide bonds. The molecule has 196 valence electrons. The fourth-order valence-electron chi connectivity index (χ4n) is 4.10. The van der Waals surface area contributed by atoms with Crippen LogP contribution in [0.5, 0.6) is 5.88 Å². The third-order valence-electron chi connectivity index (χ3n) is 5.97. The zero-order chi connectivity index (χ0) is 26.8. The monoisotopic (exact) mass is 534 g/mol. The second kappa shape index (κ2) is 10.4. The number of alkyl halides is 3. The molecule has 1 aliphatic rings. The highest BCUT2D eigenvalue weighted by molar-refractivity contribution is 7.89. The molecule has 0 radical (unpaired) electrons. The summed E-state index contributed by atoms with van der Waals surface area (Å²) < 4.78 is 73.0. The van der Waals surface area contributed by atoms with Gasteiger partial charge in [0.05, 0.1) is 17.1 Å². The maximum atomic E-state index is 13.3. The molecule has 1 saturated heterocycles. The standard InChI is InChI=1S/C25H25F3N4O4S/c1-2-36-23-16-18(25(26,27)28)15-22(30-23)31-11-13-32(14-12-31)37(34,35)19-9-7-17(8-10-19)20-5-3-4-6-21(20)24(29)33/h3-10,15-16H,2,11-14H2,1H3,(H2,29,33). The summed E-state index contributed by atoms with van der Waals surface area (Å²) in [6.45, 7) is 2.25. The lowest BCUT2D eigenvalue weighted by Crippen LogP contribution is -2.49. The fourth-order valence-corrected chi connectivity index (χ4v) is 5.52. The second-order valence-corrected chi connectivity index (χ2v) is 10.2. The maximum absolute atomic E-state index is 13.3. The van der Waals surface area contributed by atoms with Crippen LogP contribution in [0.2, 0.25) is 0 Å². The number of nitrogens with two attached hydrogens (primary N) is 1. The number of nitrogens with zero attached hydrogens (tertiary/aromatic N) is 3. The molecule has 2 heterocycles. The van der Waals surface area contributed by atoms with Gasteiger partial charge in [-0.2, -0.15) is 22.5 Å². The van der Waals surface area contributed by atoms with E-state index >= 15 is 0 Å². The Bertz CT molecular complexity index is 1390. The molecule has 0 unspecified atom stereocenters. The first-order valence-corrected chi connectivity index (χ1v) is 12.9. The van der Waals surface area contributed by atoms with Crippen molar-refractivity contribution in [1.29, 1.82) is 0 Å². The van der Waals surface area contributed by atoms with Crippen molar-refractivity contribution in [1.82, 2.24) is 9.29 Å². The van der Waals surface area contributed by atoms with Gasteiger partial charge in [0, 0.05) is 37.8 Å². The van der Waals surface area contributed by atoms with Crippen LogP contribution in [0.25, 0.3) is 11.1 Å². The van der Waals surface area contributed by atoms with Gasteiger partial charge in [-0.05, 0) is 42.3 Å². The molecule has 1 fully saturated rings. The maximum Gasteiger partial charge on any atom is 0.416 e. The number of aromatic nitrogens is 1. The van der Waals surface area contributed by atoms with Crippen LogP contribution in [0.15, 0.2) is 65.6 Å². The van der Waals surface area contributed by atoms with E-state index in [0.717, 1.165) is 12.1 Å². The van der Waals surface area contributed by atoms with Crippen molar-refractivity contribution in [2.24, 2.45) is 5.73 Å². The summed E-state index contributed by atoms with van der Waals surface area (Å²) in [5.74, 6) is -0.651. The lowest BCUT2D eigenvalue weighted by atomic mass is 9.99. The van der Waals surface area contributed by atoms with E-state index in [4.69, 9.17) is 10.5 Å². The van der Waals surface area contributed by atoms with Gasteiger partial charge in [-0.15, -0.1) is 0 Å². The lowest BCUT2D eigenvalue weighted by Gasteiger charge is -2.35. The predicted molar refractivity (Wildman–Crippen MR) is 132 cm³/mol. The van der Waals surface area contributed by atoms with Crippen LogP contribution in [-0.4, -0.2) is 56.4 Å². The lowest BCUT2D eigenvalue weighted by molar-refractivity contribution is -0.137. The number of carbonyl (C=O) groups is 1. The molecule has 37 heavy (non-hydrogen) atoms. The summed E-state index contributed by atoms with van der Waals surface area (Å²) in [7, 11) is -3.85. The normalized spacial score (nSPS) is 15.0. The molecular formula is C25H25F3N4O4S. The molecule has 4 rings (SSSR count). The minimum Gasteiger partial charge on any atom is -0.478 e. The Labute approximate surface area is 212 Å². The highest BCUT2D eigenvalue weighted by Gasteiger charge is 2.34. The number of ether oxygens (including phenoxy) is 1. The van der Waals surface area contributed by atoms with E-state index in [-0.39, 0.29) is 49.4 Å². The van der Waals surface area contributed by atoms with Crippen LogP contribution >= 0.6 is 0 Å². The molecule has 12 heteroatoms. The topological polar surface area (TPSA) is 106 Å². The van der Waals surface area contributed by atoms with E-state index < -0.39 is 27.7 Å². The van der Waals surface area contributed by atoms with Crippen molar-refractivity contribution in [3.05, 3.63) is 71.8 Å². The van der Waals surface area contributed by atoms with Gasteiger partial charge in [0.1, 0.15) is 5.82 Å². The molecule has 2 N–H and O–H groups in total. The highest BCUT2D eigenvalue weighted by atomic mass is 32.2. The molecule has 0 saturated carbocycles.